The summed E-state index contributed by atoms with van der Waals surface area (Å²) in [5.74, 6) is -0.0611. The van der Waals surface area contributed by atoms with Crippen molar-refractivity contribution in [3.8, 4) is 11.8 Å². The van der Waals surface area contributed by atoms with E-state index < -0.39 is 6.61 Å². The van der Waals surface area contributed by atoms with Crippen LogP contribution in [-0.2, 0) is 0 Å². The molecule has 3 nitrogen and oxygen atoms in total. The van der Waals surface area contributed by atoms with E-state index in [1.165, 1.54) is 13.1 Å². The van der Waals surface area contributed by atoms with E-state index in [4.69, 9.17) is 5.26 Å². The first kappa shape index (κ1) is 9.39. The third-order valence-electron chi connectivity index (χ3n) is 1.51. The number of pyridine rings is 1. The highest BCUT2D eigenvalue weighted by Crippen LogP contribution is 2.20. The molecule has 0 spiro atoms. The lowest BCUT2D eigenvalue weighted by Gasteiger charge is -2.06. The van der Waals surface area contributed by atoms with Gasteiger partial charge in [-0.3, -0.25) is 4.98 Å². The molecule has 68 valence electrons. The molecule has 0 saturated heterocycles. The van der Waals surface area contributed by atoms with Gasteiger partial charge in [0, 0.05) is 11.8 Å². The maximum Gasteiger partial charge on any atom is 0.387 e. The number of hydrogen-bond donors (Lipinski definition) is 0. The lowest BCUT2D eigenvalue weighted by Crippen LogP contribution is -2.04. The minimum absolute atomic E-state index is 0.0611. The molecule has 1 aromatic rings. The number of hydrogen-bond acceptors (Lipinski definition) is 3. The fourth-order valence-corrected chi connectivity index (χ4v) is 0.833. The lowest BCUT2D eigenvalue weighted by atomic mass is 10.2. The molecule has 0 unspecified atom stereocenters. The zero-order valence-electron chi connectivity index (χ0n) is 6.79. The van der Waals surface area contributed by atoms with Crippen molar-refractivity contribution in [1.82, 2.24) is 4.98 Å². The molecule has 0 saturated carbocycles. The number of nitriles is 1. The van der Waals surface area contributed by atoms with E-state index in [0.29, 0.717) is 5.56 Å². The van der Waals surface area contributed by atoms with Crippen LogP contribution in [0.25, 0.3) is 0 Å². The molecule has 0 aliphatic rings. The molecular formula is C8H6F2N2O. The highest BCUT2D eigenvalue weighted by atomic mass is 19.3. The molecule has 0 aliphatic carbocycles. The van der Waals surface area contributed by atoms with E-state index in [0.717, 1.165) is 6.20 Å². The molecule has 0 aromatic carbocycles. The monoisotopic (exact) mass is 184 g/mol. The SMILES string of the molecule is Cc1c(C#N)cncc1OC(F)F. The second-order valence-electron chi connectivity index (χ2n) is 2.30. The van der Waals surface area contributed by atoms with E-state index >= 15 is 0 Å². The molecule has 0 aliphatic heterocycles. The van der Waals surface area contributed by atoms with Gasteiger partial charge in [0.2, 0.25) is 0 Å². The van der Waals surface area contributed by atoms with E-state index in [2.05, 4.69) is 9.72 Å². The van der Waals surface area contributed by atoms with Crippen molar-refractivity contribution in [3.05, 3.63) is 23.5 Å². The van der Waals surface area contributed by atoms with Crippen molar-refractivity contribution in [3.63, 3.8) is 0 Å². The third-order valence-corrected chi connectivity index (χ3v) is 1.51. The normalized spacial score (nSPS) is 9.77. The minimum atomic E-state index is -2.89. The van der Waals surface area contributed by atoms with E-state index in [-0.39, 0.29) is 11.3 Å². The Morgan fingerprint density at radius 2 is 2.23 bits per heavy atom. The predicted molar refractivity (Wildman–Crippen MR) is 40.3 cm³/mol. The first-order valence-corrected chi connectivity index (χ1v) is 3.44. The first-order chi connectivity index (χ1) is 6.15. The van der Waals surface area contributed by atoms with Crippen LogP contribution in [0.4, 0.5) is 8.78 Å². The fraction of sp³-hybridized carbons (Fsp3) is 0.250. The van der Waals surface area contributed by atoms with E-state index in [9.17, 15) is 8.78 Å². The Bertz CT molecular complexity index is 346. The molecule has 0 N–H and O–H groups in total. The Morgan fingerprint density at radius 3 is 2.77 bits per heavy atom. The molecule has 0 amide bonds. The molecule has 0 fully saturated rings. The Balaban J connectivity index is 3.03. The van der Waals surface area contributed by atoms with Crippen LogP contribution < -0.4 is 4.74 Å². The second-order valence-corrected chi connectivity index (χ2v) is 2.30. The summed E-state index contributed by atoms with van der Waals surface area (Å²) >= 11 is 0. The molecule has 5 heteroatoms. The van der Waals surface area contributed by atoms with Crippen molar-refractivity contribution < 1.29 is 13.5 Å². The average Bonchev–Trinajstić information content (AvgIpc) is 2.08. The topological polar surface area (TPSA) is 45.9 Å². The summed E-state index contributed by atoms with van der Waals surface area (Å²) in [6.45, 7) is -1.37. The number of nitrogens with zero attached hydrogens (tertiary/aromatic N) is 2. The largest absolute Gasteiger partial charge is 0.433 e. The molecule has 0 bridgehead atoms. The summed E-state index contributed by atoms with van der Waals surface area (Å²) in [6.07, 6.45) is 2.45. The van der Waals surface area contributed by atoms with Crippen LogP contribution in [0.1, 0.15) is 11.1 Å². The molecule has 13 heavy (non-hydrogen) atoms. The predicted octanol–water partition coefficient (Wildman–Crippen LogP) is 1.86. The quantitative estimate of drug-likeness (QED) is 0.704. The smallest absolute Gasteiger partial charge is 0.387 e. The Kier molecular flexibility index (Phi) is 2.75. The minimum Gasteiger partial charge on any atom is -0.433 e. The third kappa shape index (κ3) is 2.12. The van der Waals surface area contributed by atoms with Crippen molar-refractivity contribution >= 4 is 0 Å². The zero-order valence-corrected chi connectivity index (χ0v) is 6.79. The van der Waals surface area contributed by atoms with Crippen LogP contribution in [0.2, 0.25) is 0 Å². The molecular weight excluding hydrogens is 178 g/mol. The summed E-state index contributed by atoms with van der Waals surface area (Å²) < 4.78 is 27.7. The van der Waals surface area contributed by atoms with Gasteiger partial charge in [-0.15, -0.1) is 0 Å². The first-order valence-electron chi connectivity index (χ1n) is 3.44. The van der Waals surface area contributed by atoms with Crippen LogP contribution in [0.5, 0.6) is 5.75 Å². The van der Waals surface area contributed by atoms with Gasteiger partial charge >= 0.3 is 6.61 Å². The van der Waals surface area contributed by atoms with Gasteiger partial charge in [0.05, 0.1) is 11.8 Å². The molecule has 0 radical (unpaired) electrons. The number of halogens is 2. The highest BCUT2D eigenvalue weighted by Gasteiger charge is 2.09. The van der Waals surface area contributed by atoms with Gasteiger partial charge in [-0.1, -0.05) is 0 Å². The van der Waals surface area contributed by atoms with Crippen LogP contribution in [0, 0.1) is 18.3 Å². The highest BCUT2D eigenvalue weighted by molar-refractivity contribution is 5.42. The lowest BCUT2D eigenvalue weighted by molar-refractivity contribution is -0.0505. The molecule has 1 rings (SSSR count). The fourth-order valence-electron chi connectivity index (χ4n) is 0.833. The summed E-state index contributed by atoms with van der Waals surface area (Å²) in [5, 5.41) is 8.54. The van der Waals surface area contributed by atoms with Crippen LogP contribution in [0.3, 0.4) is 0 Å². The van der Waals surface area contributed by atoms with Crippen molar-refractivity contribution in [1.29, 1.82) is 5.26 Å². The summed E-state index contributed by atoms with van der Waals surface area (Å²) in [4.78, 5) is 3.59. The van der Waals surface area contributed by atoms with Gasteiger partial charge in [-0.2, -0.15) is 14.0 Å². The number of alkyl halides is 2. The standard InChI is InChI=1S/C8H6F2N2O/c1-5-6(2-11)3-12-4-7(5)13-8(9)10/h3-4,8H,1H3. The van der Waals surface area contributed by atoms with Crippen molar-refractivity contribution in [2.75, 3.05) is 0 Å². The Hall–Kier alpha value is -1.70. The number of rotatable bonds is 2. The van der Waals surface area contributed by atoms with Gasteiger partial charge in [-0.05, 0) is 6.92 Å². The van der Waals surface area contributed by atoms with Crippen molar-refractivity contribution in [2.24, 2.45) is 0 Å². The van der Waals surface area contributed by atoms with Crippen LogP contribution >= 0.6 is 0 Å². The average molecular weight is 184 g/mol. The second kappa shape index (κ2) is 3.81. The Morgan fingerprint density at radius 1 is 1.54 bits per heavy atom. The van der Waals surface area contributed by atoms with Gasteiger partial charge in [-0.25, -0.2) is 0 Å². The van der Waals surface area contributed by atoms with Gasteiger partial charge in [0.25, 0.3) is 0 Å². The summed E-state index contributed by atoms with van der Waals surface area (Å²) in [5.41, 5.74) is 0.607. The molecule has 1 heterocycles. The van der Waals surface area contributed by atoms with Gasteiger partial charge in [0.1, 0.15) is 11.8 Å². The molecule has 1 aromatic heterocycles. The van der Waals surface area contributed by atoms with Crippen molar-refractivity contribution in [2.45, 2.75) is 13.5 Å². The maximum absolute atomic E-state index is 11.8. The Labute approximate surface area is 73.6 Å². The van der Waals surface area contributed by atoms with Gasteiger partial charge in [0.15, 0.2) is 0 Å². The van der Waals surface area contributed by atoms with Crippen LogP contribution in [0.15, 0.2) is 12.4 Å². The van der Waals surface area contributed by atoms with E-state index in [1.54, 1.807) is 0 Å². The number of ether oxygens (including phenoxy) is 1. The van der Waals surface area contributed by atoms with Gasteiger partial charge < -0.3 is 4.74 Å². The van der Waals surface area contributed by atoms with E-state index in [1.807, 2.05) is 6.07 Å². The summed E-state index contributed by atoms with van der Waals surface area (Å²) in [6, 6.07) is 1.82. The maximum atomic E-state index is 11.8. The molecule has 0 atom stereocenters. The number of aromatic nitrogens is 1. The van der Waals surface area contributed by atoms with Crippen LogP contribution in [-0.4, -0.2) is 11.6 Å². The summed E-state index contributed by atoms with van der Waals surface area (Å²) in [7, 11) is 0. The zero-order chi connectivity index (χ0) is 9.84.